The molecule has 2 aliphatic heterocycles. The molecule has 0 bridgehead atoms. The number of aromatic nitrogens is 1. The number of aromatic amines is 1. The van der Waals surface area contributed by atoms with Crippen LogP contribution in [0, 0.1) is 11.3 Å². The van der Waals surface area contributed by atoms with Crippen molar-refractivity contribution >= 4 is 28.0 Å². The second kappa shape index (κ2) is 9.93. The zero-order valence-corrected chi connectivity index (χ0v) is 24.4. The van der Waals surface area contributed by atoms with Crippen LogP contribution in [-0.2, 0) is 0 Å². The first kappa shape index (κ1) is 25.8. The number of aliphatic imine (C=N–C) groups is 2. The molecule has 3 heterocycles. The van der Waals surface area contributed by atoms with Gasteiger partial charge in [-0.1, -0.05) is 46.8 Å². The Morgan fingerprint density at radius 1 is 1.03 bits per heavy atom. The van der Waals surface area contributed by atoms with Gasteiger partial charge in [0.05, 0.1) is 11.8 Å². The van der Waals surface area contributed by atoms with Crippen LogP contribution in [0.2, 0.25) is 0 Å². The summed E-state index contributed by atoms with van der Waals surface area (Å²) in [6.07, 6.45) is 12.1. The number of allylic oxidation sites excluding steroid dienone is 3. The van der Waals surface area contributed by atoms with Gasteiger partial charge in [0, 0.05) is 23.1 Å². The molecule has 1 atom stereocenters. The number of likely N-dealkylation sites (tertiary alicyclic amines) is 1. The summed E-state index contributed by atoms with van der Waals surface area (Å²) in [6.45, 7) is 17.4. The van der Waals surface area contributed by atoms with Crippen molar-refractivity contribution in [1.29, 1.82) is 0 Å². The van der Waals surface area contributed by atoms with Crippen molar-refractivity contribution in [3.63, 3.8) is 0 Å². The molecule has 1 saturated heterocycles. The maximum absolute atomic E-state index is 4.93. The van der Waals surface area contributed by atoms with Gasteiger partial charge in [-0.05, 0) is 122 Å². The highest BCUT2D eigenvalue weighted by atomic mass is 15.1. The highest BCUT2D eigenvalue weighted by Gasteiger charge is 2.35. The third-order valence-corrected chi connectivity index (χ3v) is 8.85. The highest BCUT2D eigenvalue weighted by Crippen LogP contribution is 2.43. The molecule has 1 saturated carbocycles. The monoisotopic (exact) mass is 510 g/mol. The third kappa shape index (κ3) is 5.21. The van der Waals surface area contributed by atoms with E-state index in [-0.39, 0.29) is 6.04 Å². The van der Waals surface area contributed by atoms with E-state index >= 15 is 0 Å². The Balaban J connectivity index is 1.33. The van der Waals surface area contributed by atoms with Crippen LogP contribution in [0.5, 0.6) is 0 Å². The summed E-state index contributed by atoms with van der Waals surface area (Å²) in [5.74, 6) is 2.72. The fourth-order valence-electron chi connectivity index (χ4n) is 7.02. The van der Waals surface area contributed by atoms with Crippen LogP contribution in [0.4, 0.5) is 0 Å². The maximum Gasteiger partial charge on any atom is 0.121 e. The van der Waals surface area contributed by atoms with Crippen LogP contribution in [-0.4, -0.2) is 47.1 Å². The zero-order chi connectivity index (χ0) is 26.6. The molecule has 2 fully saturated rings. The molecule has 0 amide bonds. The number of piperidine rings is 1. The molecule has 38 heavy (non-hydrogen) atoms. The minimum absolute atomic E-state index is 0.254. The Labute approximate surface area is 229 Å². The Kier molecular flexibility index (Phi) is 6.74. The molecule has 4 nitrogen and oxygen atoms in total. The lowest BCUT2D eigenvalue weighted by molar-refractivity contribution is 0.154. The predicted molar refractivity (Wildman–Crippen MR) is 163 cm³/mol. The fraction of sp³-hybridized carbons (Fsp3) is 0.588. The van der Waals surface area contributed by atoms with Crippen LogP contribution >= 0.6 is 0 Å². The van der Waals surface area contributed by atoms with Crippen molar-refractivity contribution in [2.45, 2.75) is 97.9 Å². The van der Waals surface area contributed by atoms with Crippen molar-refractivity contribution in [1.82, 2.24) is 9.88 Å². The zero-order valence-electron chi connectivity index (χ0n) is 24.4. The molecular weight excluding hydrogens is 464 g/mol. The topological polar surface area (TPSA) is 43.8 Å². The second-order valence-corrected chi connectivity index (χ2v) is 13.8. The first-order chi connectivity index (χ1) is 18.2. The molecule has 1 N–H and O–H groups in total. The molecule has 202 valence electrons. The average Bonchev–Trinajstić information content (AvgIpc) is 3.51. The van der Waals surface area contributed by atoms with Crippen LogP contribution in [0.25, 0.3) is 16.5 Å². The van der Waals surface area contributed by atoms with Crippen molar-refractivity contribution in [3.8, 4) is 0 Å². The fourth-order valence-corrected chi connectivity index (χ4v) is 7.02. The smallest absolute Gasteiger partial charge is 0.121 e. The summed E-state index contributed by atoms with van der Waals surface area (Å²) in [5, 5.41) is 1.42. The number of H-pyrrole nitrogens is 1. The van der Waals surface area contributed by atoms with Crippen LogP contribution in [0.15, 0.2) is 45.9 Å². The van der Waals surface area contributed by atoms with Gasteiger partial charge in [-0.15, -0.1) is 0 Å². The van der Waals surface area contributed by atoms with E-state index in [1.807, 2.05) is 0 Å². The number of nitrogens with one attached hydrogen (secondary N) is 1. The van der Waals surface area contributed by atoms with E-state index in [1.54, 1.807) is 0 Å². The molecule has 1 unspecified atom stereocenters. The lowest BCUT2D eigenvalue weighted by Crippen LogP contribution is -2.38. The summed E-state index contributed by atoms with van der Waals surface area (Å²) >= 11 is 0. The van der Waals surface area contributed by atoms with Crippen LogP contribution in [0.1, 0.15) is 109 Å². The Hall–Kier alpha value is -2.46. The predicted octanol–water partition coefficient (Wildman–Crippen LogP) is 8.27. The summed E-state index contributed by atoms with van der Waals surface area (Å²) in [6, 6.07) is 7.53. The van der Waals surface area contributed by atoms with Gasteiger partial charge in [-0.2, -0.15) is 0 Å². The minimum atomic E-state index is 0.254. The lowest BCUT2D eigenvalue weighted by atomic mass is 9.86. The van der Waals surface area contributed by atoms with E-state index in [0.717, 1.165) is 18.7 Å². The molecule has 2 aliphatic carbocycles. The first-order valence-electron chi connectivity index (χ1n) is 15.1. The highest BCUT2D eigenvalue weighted by molar-refractivity contribution is 6.15. The molecule has 1 aromatic heterocycles. The van der Waals surface area contributed by atoms with E-state index < -0.39 is 0 Å². The van der Waals surface area contributed by atoms with E-state index in [9.17, 15) is 0 Å². The van der Waals surface area contributed by atoms with E-state index in [2.05, 4.69) is 81.8 Å². The van der Waals surface area contributed by atoms with Gasteiger partial charge in [-0.3, -0.25) is 4.99 Å². The third-order valence-electron chi connectivity index (χ3n) is 8.85. The van der Waals surface area contributed by atoms with Gasteiger partial charge in [0.2, 0.25) is 0 Å². The van der Waals surface area contributed by atoms with E-state index in [4.69, 9.17) is 9.98 Å². The quantitative estimate of drug-likeness (QED) is 0.432. The molecule has 4 aliphatic rings. The Morgan fingerprint density at radius 3 is 2.47 bits per heavy atom. The number of rotatable bonds is 5. The van der Waals surface area contributed by atoms with Gasteiger partial charge in [0.1, 0.15) is 5.84 Å². The van der Waals surface area contributed by atoms with Crippen molar-refractivity contribution < 1.29 is 0 Å². The molecule has 4 heteroatoms. The van der Waals surface area contributed by atoms with E-state index in [1.165, 1.54) is 89.9 Å². The SMILES string of the molecule is CC1=NC2CC/C=C(c3[nH]c4ccc(C5CCN(CC(C)(C)C)CC5)cc4c3C(C)C)\C=C(\C3CC3)C2=N1. The summed E-state index contributed by atoms with van der Waals surface area (Å²) in [7, 11) is 0. The van der Waals surface area contributed by atoms with E-state index in [0.29, 0.717) is 23.2 Å². The van der Waals surface area contributed by atoms with Crippen molar-refractivity contribution in [2.24, 2.45) is 21.3 Å². The number of hydrogen-bond donors (Lipinski definition) is 1. The largest absolute Gasteiger partial charge is 0.354 e. The summed E-state index contributed by atoms with van der Waals surface area (Å²) in [5.41, 5.74) is 10.0. The maximum atomic E-state index is 4.93. The molecule has 0 spiro atoms. The lowest BCUT2D eigenvalue weighted by Gasteiger charge is -2.36. The Bertz CT molecular complexity index is 1330. The minimum Gasteiger partial charge on any atom is -0.354 e. The van der Waals surface area contributed by atoms with Crippen LogP contribution < -0.4 is 0 Å². The molecule has 6 rings (SSSR count). The van der Waals surface area contributed by atoms with Gasteiger partial charge < -0.3 is 9.88 Å². The molecular formula is C34H46N4. The number of hydrogen-bond acceptors (Lipinski definition) is 3. The number of fused-ring (bicyclic) bond motifs is 2. The van der Waals surface area contributed by atoms with Gasteiger partial charge in [0.15, 0.2) is 0 Å². The van der Waals surface area contributed by atoms with Crippen molar-refractivity contribution in [2.75, 3.05) is 19.6 Å². The van der Waals surface area contributed by atoms with Gasteiger partial charge >= 0.3 is 0 Å². The summed E-state index contributed by atoms with van der Waals surface area (Å²) in [4.78, 5) is 16.3. The molecule has 0 radical (unpaired) electrons. The van der Waals surface area contributed by atoms with Gasteiger partial charge in [-0.25, -0.2) is 4.99 Å². The average molecular weight is 511 g/mol. The normalized spacial score (nSPS) is 26.3. The molecule has 1 aromatic carbocycles. The van der Waals surface area contributed by atoms with Crippen LogP contribution in [0.3, 0.4) is 0 Å². The standard InChI is InChI=1S/C34H46N4/c1-21(2)31-28-18-25(23-14-16-38(17-15-23)20-34(4,5)6)12-13-29(28)37-32(31)26-8-7-9-30-33(36-22(3)35-30)27(19-26)24-10-11-24/h8,12-13,18-19,21,23-24,30,37H,7,9-11,14-17,20H2,1-6H3/b26-8+,27-19-. The first-order valence-corrected chi connectivity index (χ1v) is 15.1. The van der Waals surface area contributed by atoms with Crippen molar-refractivity contribution in [3.05, 3.63) is 52.7 Å². The molecule has 2 aromatic rings. The number of amidine groups is 1. The Morgan fingerprint density at radius 2 is 1.79 bits per heavy atom. The summed E-state index contributed by atoms with van der Waals surface area (Å²) < 4.78 is 0. The second-order valence-electron chi connectivity index (χ2n) is 13.8. The van der Waals surface area contributed by atoms with Gasteiger partial charge in [0.25, 0.3) is 0 Å². The number of benzene rings is 1. The number of nitrogens with zero attached hydrogens (tertiary/aromatic N) is 3.